The summed E-state index contributed by atoms with van der Waals surface area (Å²) in [6.07, 6.45) is 0.0140. The Morgan fingerprint density at radius 3 is 2.43 bits per heavy atom. The Morgan fingerprint density at radius 1 is 1.38 bits per heavy atom. The quantitative estimate of drug-likeness (QED) is 0.722. The molecule has 1 aromatic rings. The Labute approximate surface area is 121 Å². The van der Waals surface area contributed by atoms with Gasteiger partial charge in [0.2, 0.25) is 15.9 Å². The van der Waals surface area contributed by atoms with Crippen LogP contribution in [0, 0.1) is 5.82 Å². The average Bonchev–Trinajstić information content (AvgIpc) is 2.34. The number of aliphatic carboxylic acids is 1. The van der Waals surface area contributed by atoms with Gasteiger partial charge in [0, 0.05) is 12.6 Å². The van der Waals surface area contributed by atoms with E-state index in [1.54, 1.807) is 0 Å². The fourth-order valence-electron chi connectivity index (χ4n) is 1.56. The molecule has 21 heavy (non-hydrogen) atoms. The lowest BCUT2D eigenvalue weighted by Gasteiger charge is -2.13. The largest absolute Gasteiger partial charge is 0.480 e. The number of nitrogens with one attached hydrogen (secondary N) is 2. The standard InChI is InChI=1S/C12H15FN2O5S/c1-3-10(12(17)18)15-21(19,20)11-5-4-8(6-9(11)13)14-7(2)16/h4-6,10,15H,3H2,1-2H3,(H,14,16)(H,17,18). The number of amides is 1. The van der Waals surface area contributed by atoms with Gasteiger partial charge in [-0.15, -0.1) is 0 Å². The third kappa shape index (κ3) is 4.50. The molecule has 0 saturated heterocycles. The summed E-state index contributed by atoms with van der Waals surface area (Å²) in [5.41, 5.74) is 0.101. The predicted octanol–water partition coefficient (Wildman–Crippen LogP) is 0.926. The highest BCUT2D eigenvalue weighted by Crippen LogP contribution is 2.19. The molecule has 0 aliphatic heterocycles. The topological polar surface area (TPSA) is 113 Å². The SMILES string of the molecule is CCC(NS(=O)(=O)c1ccc(NC(C)=O)cc1F)C(=O)O. The Kier molecular flexibility index (Phi) is 5.39. The van der Waals surface area contributed by atoms with Crippen LogP contribution >= 0.6 is 0 Å². The van der Waals surface area contributed by atoms with Crippen molar-refractivity contribution in [2.75, 3.05) is 5.32 Å². The number of hydrogen-bond donors (Lipinski definition) is 3. The molecule has 0 saturated carbocycles. The number of anilines is 1. The molecule has 0 aliphatic carbocycles. The summed E-state index contributed by atoms with van der Waals surface area (Å²) >= 11 is 0. The number of carbonyl (C=O) groups is 2. The molecular formula is C12H15FN2O5S. The van der Waals surface area contributed by atoms with Crippen molar-refractivity contribution in [2.45, 2.75) is 31.2 Å². The van der Waals surface area contributed by atoms with Crippen LogP contribution in [0.25, 0.3) is 0 Å². The second-order valence-electron chi connectivity index (χ2n) is 4.25. The molecule has 7 nitrogen and oxygen atoms in total. The molecule has 116 valence electrons. The summed E-state index contributed by atoms with van der Waals surface area (Å²) in [4.78, 5) is 21.0. The Hall–Kier alpha value is -2.00. The third-order valence-electron chi connectivity index (χ3n) is 2.55. The van der Waals surface area contributed by atoms with Gasteiger partial charge in [0.05, 0.1) is 0 Å². The number of sulfonamides is 1. The summed E-state index contributed by atoms with van der Waals surface area (Å²) in [6, 6.07) is 1.67. The van der Waals surface area contributed by atoms with Gasteiger partial charge in [0.15, 0.2) is 0 Å². The van der Waals surface area contributed by atoms with Crippen LogP contribution in [0.5, 0.6) is 0 Å². The minimum absolute atomic E-state index is 0.0140. The van der Waals surface area contributed by atoms with Gasteiger partial charge in [-0.25, -0.2) is 12.8 Å². The number of rotatable bonds is 6. The fourth-order valence-corrected chi connectivity index (χ4v) is 2.89. The van der Waals surface area contributed by atoms with Crippen molar-refractivity contribution in [2.24, 2.45) is 0 Å². The van der Waals surface area contributed by atoms with Crippen LogP contribution in [0.15, 0.2) is 23.1 Å². The van der Waals surface area contributed by atoms with Crippen LogP contribution < -0.4 is 10.0 Å². The Balaban J connectivity index is 3.09. The third-order valence-corrected chi connectivity index (χ3v) is 4.05. The maximum absolute atomic E-state index is 13.8. The molecule has 1 aromatic carbocycles. The highest BCUT2D eigenvalue weighted by atomic mass is 32.2. The van der Waals surface area contributed by atoms with Gasteiger partial charge in [0.1, 0.15) is 16.8 Å². The number of carboxylic acid groups (broad SMARTS) is 1. The van der Waals surface area contributed by atoms with Crippen molar-refractivity contribution in [3.05, 3.63) is 24.0 Å². The first-order valence-electron chi connectivity index (χ1n) is 5.99. The number of hydrogen-bond acceptors (Lipinski definition) is 4. The van der Waals surface area contributed by atoms with Crippen LogP contribution in [-0.4, -0.2) is 31.4 Å². The van der Waals surface area contributed by atoms with Gasteiger partial charge in [-0.2, -0.15) is 4.72 Å². The molecule has 1 amide bonds. The maximum atomic E-state index is 13.8. The van der Waals surface area contributed by atoms with E-state index < -0.39 is 38.7 Å². The van der Waals surface area contributed by atoms with E-state index in [4.69, 9.17) is 5.11 Å². The predicted molar refractivity (Wildman–Crippen MR) is 72.7 cm³/mol. The lowest BCUT2D eigenvalue weighted by Crippen LogP contribution is -2.40. The van der Waals surface area contributed by atoms with Gasteiger partial charge >= 0.3 is 5.97 Å². The van der Waals surface area contributed by atoms with Crippen LogP contribution in [-0.2, 0) is 19.6 Å². The second-order valence-corrected chi connectivity index (χ2v) is 5.93. The van der Waals surface area contributed by atoms with Crippen LogP contribution in [0.3, 0.4) is 0 Å². The maximum Gasteiger partial charge on any atom is 0.321 e. The number of halogens is 1. The zero-order valence-corrected chi connectivity index (χ0v) is 12.2. The molecule has 0 fully saturated rings. The molecule has 0 aliphatic rings. The molecule has 0 aromatic heterocycles. The average molecular weight is 318 g/mol. The zero-order valence-electron chi connectivity index (χ0n) is 11.4. The van der Waals surface area contributed by atoms with Gasteiger partial charge in [-0.05, 0) is 24.6 Å². The Bertz CT molecular complexity index is 660. The molecule has 1 atom stereocenters. The van der Waals surface area contributed by atoms with Crippen molar-refractivity contribution < 1.29 is 27.5 Å². The van der Waals surface area contributed by atoms with Crippen molar-refractivity contribution in [3.63, 3.8) is 0 Å². The monoisotopic (exact) mass is 318 g/mol. The van der Waals surface area contributed by atoms with Crippen LogP contribution in [0.1, 0.15) is 20.3 Å². The molecule has 9 heteroatoms. The van der Waals surface area contributed by atoms with Gasteiger partial charge < -0.3 is 10.4 Å². The van der Waals surface area contributed by atoms with E-state index in [1.807, 2.05) is 4.72 Å². The van der Waals surface area contributed by atoms with Crippen molar-refractivity contribution in [1.82, 2.24) is 4.72 Å². The molecule has 1 unspecified atom stereocenters. The van der Waals surface area contributed by atoms with E-state index in [2.05, 4.69) is 5.32 Å². The van der Waals surface area contributed by atoms with Crippen molar-refractivity contribution in [3.8, 4) is 0 Å². The normalized spacial score (nSPS) is 12.7. The molecule has 0 bridgehead atoms. The Morgan fingerprint density at radius 2 is 2.00 bits per heavy atom. The van der Waals surface area contributed by atoms with E-state index in [-0.39, 0.29) is 12.1 Å². The molecule has 1 rings (SSSR count). The molecular weight excluding hydrogens is 303 g/mol. The van der Waals surface area contributed by atoms with E-state index >= 15 is 0 Å². The number of carboxylic acids is 1. The van der Waals surface area contributed by atoms with Crippen LogP contribution in [0.2, 0.25) is 0 Å². The van der Waals surface area contributed by atoms with Gasteiger partial charge in [-0.3, -0.25) is 9.59 Å². The summed E-state index contributed by atoms with van der Waals surface area (Å²) in [6.45, 7) is 2.71. The highest BCUT2D eigenvalue weighted by molar-refractivity contribution is 7.89. The fraction of sp³-hybridized carbons (Fsp3) is 0.333. The minimum Gasteiger partial charge on any atom is -0.480 e. The van der Waals surface area contributed by atoms with Crippen molar-refractivity contribution in [1.29, 1.82) is 0 Å². The molecule has 0 radical (unpaired) electrons. The summed E-state index contributed by atoms with van der Waals surface area (Å²) in [5.74, 6) is -2.87. The number of benzene rings is 1. The zero-order chi connectivity index (χ0) is 16.2. The minimum atomic E-state index is -4.31. The van der Waals surface area contributed by atoms with Gasteiger partial charge in [0.25, 0.3) is 0 Å². The molecule has 0 spiro atoms. The first kappa shape index (κ1) is 17.1. The molecule has 3 N–H and O–H groups in total. The highest BCUT2D eigenvalue weighted by Gasteiger charge is 2.26. The molecule has 0 heterocycles. The number of carbonyl (C=O) groups excluding carboxylic acids is 1. The second kappa shape index (κ2) is 6.64. The van der Waals surface area contributed by atoms with E-state index in [0.717, 1.165) is 12.1 Å². The van der Waals surface area contributed by atoms with Crippen LogP contribution in [0.4, 0.5) is 10.1 Å². The lowest BCUT2D eigenvalue weighted by atomic mass is 10.2. The summed E-state index contributed by atoms with van der Waals surface area (Å²) in [5, 5.41) is 11.1. The van der Waals surface area contributed by atoms with E-state index in [0.29, 0.717) is 0 Å². The first-order chi connectivity index (χ1) is 9.67. The summed E-state index contributed by atoms with van der Waals surface area (Å²) < 4.78 is 39.7. The smallest absolute Gasteiger partial charge is 0.321 e. The van der Waals surface area contributed by atoms with Gasteiger partial charge in [-0.1, -0.05) is 6.92 Å². The summed E-state index contributed by atoms with van der Waals surface area (Å²) in [7, 11) is -4.31. The lowest BCUT2D eigenvalue weighted by molar-refractivity contribution is -0.139. The van der Waals surface area contributed by atoms with Crippen molar-refractivity contribution >= 4 is 27.6 Å². The first-order valence-corrected chi connectivity index (χ1v) is 7.48. The van der Waals surface area contributed by atoms with E-state index in [9.17, 15) is 22.4 Å². The van der Waals surface area contributed by atoms with E-state index in [1.165, 1.54) is 19.9 Å².